The Bertz CT molecular complexity index is 1220. The van der Waals surface area contributed by atoms with E-state index in [0.717, 1.165) is 11.3 Å². The van der Waals surface area contributed by atoms with Gasteiger partial charge in [-0.2, -0.15) is 0 Å². The SMILES string of the molecule is Cc1ccc([C@H](Nc2c(Nc3c(F)ccc4c3C(O)N[C@H]4C)c(=O)c2=O)C(C)(C)C)o1. The molecule has 0 aliphatic carbocycles. The van der Waals surface area contributed by atoms with Crippen LogP contribution >= 0.6 is 0 Å². The molecule has 3 atom stereocenters. The number of anilines is 3. The van der Waals surface area contributed by atoms with E-state index in [-0.39, 0.29) is 28.5 Å². The van der Waals surface area contributed by atoms with Crippen LogP contribution in [0.5, 0.6) is 0 Å². The molecular formula is C23H26FN3O4. The molecular weight excluding hydrogens is 401 g/mol. The Hall–Kier alpha value is -2.97. The van der Waals surface area contributed by atoms with Crippen molar-refractivity contribution in [3.05, 3.63) is 73.2 Å². The second kappa shape index (κ2) is 7.32. The van der Waals surface area contributed by atoms with Gasteiger partial charge in [-0.05, 0) is 43.0 Å². The Balaban J connectivity index is 1.72. The molecule has 1 aliphatic heterocycles. The van der Waals surface area contributed by atoms with Gasteiger partial charge in [0.1, 0.15) is 34.9 Å². The third kappa shape index (κ3) is 3.55. The molecule has 164 valence electrons. The fraction of sp³-hybridized carbons (Fsp3) is 0.391. The van der Waals surface area contributed by atoms with Gasteiger partial charge in [0.15, 0.2) is 0 Å². The van der Waals surface area contributed by atoms with Gasteiger partial charge < -0.3 is 20.2 Å². The summed E-state index contributed by atoms with van der Waals surface area (Å²) in [4.78, 5) is 24.8. The molecule has 0 spiro atoms. The van der Waals surface area contributed by atoms with Crippen molar-refractivity contribution < 1.29 is 13.9 Å². The van der Waals surface area contributed by atoms with E-state index in [2.05, 4.69) is 16.0 Å². The van der Waals surface area contributed by atoms with Crippen molar-refractivity contribution in [2.45, 2.75) is 52.9 Å². The van der Waals surface area contributed by atoms with Crippen LogP contribution in [0.25, 0.3) is 0 Å². The summed E-state index contributed by atoms with van der Waals surface area (Å²) in [5.74, 6) is 0.734. The first-order chi connectivity index (χ1) is 14.5. The minimum atomic E-state index is -1.08. The molecule has 2 aromatic carbocycles. The quantitative estimate of drug-likeness (QED) is 0.458. The average molecular weight is 427 g/mol. The predicted octanol–water partition coefficient (Wildman–Crippen LogP) is 3.92. The molecule has 0 radical (unpaired) electrons. The largest absolute Gasteiger partial charge is 0.464 e. The zero-order valence-corrected chi connectivity index (χ0v) is 18.1. The highest BCUT2D eigenvalue weighted by Gasteiger charge is 2.35. The summed E-state index contributed by atoms with van der Waals surface area (Å²) in [7, 11) is 0. The van der Waals surface area contributed by atoms with Crippen LogP contribution in [0.2, 0.25) is 0 Å². The van der Waals surface area contributed by atoms with Gasteiger partial charge in [0.25, 0.3) is 10.9 Å². The minimum Gasteiger partial charge on any atom is -0.464 e. The lowest BCUT2D eigenvalue weighted by molar-refractivity contribution is 0.144. The molecule has 7 nitrogen and oxygen atoms in total. The fourth-order valence-electron chi connectivity index (χ4n) is 4.06. The van der Waals surface area contributed by atoms with Crippen LogP contribution < -0.4 is 26.8 Å². The van der Waals surface area contributed by atoms with Crippen LogP contribution in [0.3, 0.4) is 0 Å². The lowest BCUT2D eigenvalue weighted by Gasteiger charge is -2.31. The van der Waals surface area contributed by atoms with Gasteiger partial charge in [-0.3, -0.25) is 14.9 Å². The maximum absolute atomic E-state index is 14.7. The van der Waals surface area contributed by atoms with E-state index in [0.29, 0.717) is 11.3 Å². The van der Waals surface area contributed by atoms with E-state index in [9.17, 15) is 19.1 Å². The normalized spacial score (nSPS) is 19.5. The van der Waals surface area contributed by atoms with E-state index in [1.54, 1.807) is 6.07 Å². The standard InChI is InChI=1S/C23H26FN3O4/c1-10-6-9-14(31-10)21(23(3,4)5)27-18-17(19(28)20(18)29)26-16-13(24)8-7-12-11(2)25-22(30)15(12)16/h6-9,11,21-22,25-27,30H,1-5H3/t11-,21-,22?/m0/s1. The van der Waals surface area contributed by atoms with Gasteiger partial charge in [-0.25, -0.2) is 4.39 Å². The molecule has 0 saturated heterocycles. The highest BCUT2D eigenvalue weighted by Crippen LogP contribution is 2.41. The van der Waals surface area contributed by atoms with Crippen LogP contribution in [-0.4, -0.2) is 5.11 Å². The van der Waals surface area contributed by atoms with Gasteiger partial charge >= 0.3 is 0 Å². The molecule has 0 bridgehead atoms. The molecule has 31 heavy (non-hydrogen) atoms. The van der Waals surface area contributed by atoms with Gasteiger partial charge in [0.05, 0.1) is 11.7 Å². The monoisotopic (exact) mass is 427 g/mol. The third-order valence-corrected chi connectivity index (χ3v) is 5.74. The number of benzene rings is 1. The van der Waals surface area contributed by atoms with Crippen LogP contribution in [-0.2, 0) is 0 Å². The van der Waals surface area contributed by atoms with Gasteiger partial charge in [0, 0.05) is 11.6 Å². The van der Waals surface area contributed by atoms with Crippen molar-refractivity contribution >= 4 is 17.1 Å². The Morgan fingerprint density at radius 1 is 1.10 bits per heavy atom. The van der Waals surface area contributed by atoms with Crippen LogP contribution in [0.15, 0.2) is 38.3 Å². The number of nitrogens with one attached hydrogen (secondary N) is 3. The Morgan fingerprint density at radius 3 is 2.39 bits per heavy atom. The van der Waals surface area contributed by atoms with Crippen LogP contribution in [0, 0.1) is 18.2 Å². The lowest BCUT2D eigenvalue weighted by Crippen LogP contribution is -2.39. The van der Waals surface area contributed by atoms with Crippen LogP contribution in [0.1, 0.15) is 68.7 Å². The summed E-state index contributed by atoms with van der Waals surface area (Å²) in [6, 6.07) is 5.95. The zero-order chi connectivity index (χ0) is 22.7. The molecule has 1 aromatic heterocycles. The second-order valence-electron chi connectivity index (χ2n) is 9.14. The van der Waals surface area contributed by atoms with Gasteiger partial charge in [-0.15, -0.1) is 0 Å². The van der Waals surface area contributed by atoms with E-state index in [1.165, 1.54) is 6.07 Å². The predicted molar refractivity (Wildman–Crippen MR) is 117 cm³/mol. The summed E-state index contributed by atoms with van der Waals surface area (Å²) in [5.41, 5.74) is -0.680. The number of hydrogen-bond donors (Lipinski definition) is 4. The number of halogens is 1. The number of aliphatic hydroxyl groups excluding tert-OH is 1. The molecule has 0 amide bonds. The molecule has 4 N–H and O–H groups in total. The molecule has 0 fully saturated rings. The van der Waals surface area contributed by atoms with Crippen molar-refractivity contribution in [2.24, 2.45) is 5.41 Å². The molecule has 4 rings (SSSR count). The van der Waals surface area contributed by atoms with Crippen molar-refractivity contribution in [1.29, 1.82) is 0 Å². The number of hydrogen-bond acceptors (Lipinski definition) is 7. The maximum Gasteiger partial charge on any atom is 0.253 e. The summed E-state index contributed by atoms with van der Waals surface area (Å²) in [6.07, 6.45) is -1.08. The van der Waals surface area contributed by atoms with Gasteiger partial charge in [0.2, 0.25) is 0 Å². The van der Waals surface area contributed by atoms with Crippen molar-refractivity contribution in [1.82, 2.24) is 5.32 Å². The highest BCUT2D eigenvalue weighted by atomic mass is 19.1. The smallest absolute Gasteiger partial charge is 0.253 e. The molecule has 0 saturated carbocycles. The highest BCUT2D eigenvalue weighted by molar-refractivity contribution is 5.81. The second-order valence-corrected chi connectivity index (χ2v) is 9.14. The first-order valence-electron chi connectivity index (χ1n) is 10.2. The van der Waals surface area contributed by atoms with Crippen molar-refractivity contribution in [2.75, 3.05) is 10.6 Å². The Labute approximate surface area is 179 Å². The summed E-state index contributed by atoms with van der Waals surface area (Å²) in [6.45, 7) is 9.61. The Kier molecular flexibility index (Phi) is 5.02. The minimum absolute atomic E-state index is 0.0156. The lowest BCUT2D eigenvalue weighted by atomic mass is 9.84. The Morgan fingerprint density at radius 2 is 1.77 bits per heavy atom. The van der Waals surface area contributed by atoms with E-state index in [4.69, 9.17) is 4.42 Å². The first kappa shape index (κ1) is 21.3. The van der Waals surface area contributed by atoms with Crippen LogP contribution in [0.4, 0.5) is 21.5 Å². The number of furan rings is 1. The van der Waals surface area contributed by atoms with Gasteiger partial charge in [-0.1, -0.05) is 26.8 Å². The molecule has 1 unspecified atom stereocenters. The maximum atomic E-state index is 14.7. The topological polar surface area (TPSA) is 104 Å². The van der Waals surface area contributed by atoms with E-state index in [1.807, 2.05) is 46.8 Å². The third-order valence-electron chi connectivity index (χ3n) is 5.74. The summed E-state index contributed by atoms with van der Waals surface area (Å²) in [5, 5.41) is 19.2. The molecule has 2 heterocycles. The van der Waals surface area contributed by atoms with E-state index >= 15 is 0 Å². The molecule has 1 aliphatic rings. The number of aliphatic hydroxyl groups is 1. The number of aryl methyl sites for hydroxylation is 1. The number of rotatable bonds is 5. The summed E-state index contributed by atoms with van der Waals surface area (Å²) >= 11 is 0. The molecule has 3 aromatic rings. The summed E-state index contributed by atoms with van der Waals surface area (Å²) < 4.78 is 20.4. The van der Waals surface area contributed by atoms with Crippen molar-refractivity contribution in [3.63, 3.8) is 0 Å². The van der Waals surface area contributed by atoms with Crippen molar-refractivity contribution in [3.8, 4) is 0 Å². The zero-order valence-electron chi connectivity index (χ0n) is 18.1. The average Bonchev–Trinajstić information content (AvgIpc) is 3.23. The fourth-order valence-corrected chi connectivity index (χ4v) is 4.06. The first-order valence-corrected chi connectivity index (χ1v) is 10.2. The number of fused-ring (bicyclic) bond motifs is 1. The molecule has 8 heteroatoms. The van der Waals surface area contributed by atoms with E-state index < -0.39 is 28.9 Å².